The third-order valence-corrected chi connectivity index (χ3v) is 4.64. The van der Waals surface area contributed by atoms with E-state index < -0.39 is 5.82 Å². The Kier molecular flexibility index (Phi) is 5.39. The van der Waals surface area contributed by atoms with Gasteiger partial charge in [-0.05, 0) is 43.3 Å². The van der Waals surface area contributed by atoms with Crippen LogP contribution in [0.1, 0.15) is 4.88 Å². The Morgan fingerprint density at radius 3 is 2.73 bits per heavy atom. The van der Waals surface area contributed by atoms with Crippen molar-refractivity contribution in [2.45, 2.75) is 6.92 Å². The predicted molar refractivity (Wildman–Crippen MR) is 103 cm³/mol. The number of methoxy groups -OCH3 is 1. The van der Waals surface area contributed by atoms with Crippen LogP contribution in [0.3, 0.4) is 0 Å². The minimum atomic E-state index is -0.539. The summed E-state index contributed by atoms with van der Waals surface area (Å²) in [5.74, 6) is 0.441. The Hall–Kier alpha value is -2.64. The molecule has 0 fully saturated rings. The predicted octanol–water partition coefficient (Wildman–Crippen LogP) is 4.79. The van der Waals surface area contributed by atoms with Crippen LogP contribution in [0, 0.1) is 18.2 Å². The number of nitrogens with one attached hydrogen (secondary N) is 2. The van der Waals surface area contributed by atoms with Gasteiger partial charge in [0, 0.05) is 21.7 Å². The molecule has 26 heavy (non-hydrogen) atoms. The van der Waals surface area contributed by atoms with E-state index in [9.17, 15) is 4.39 Å². The van der Waals surface area contributed by atoms with Crippen molar-refractivity contribution in [1.82, 2.24) is 3.96 Å². The second kappa shape index (κ2) is 7.72. The number of anilines is 1. The van der Waals surface area contributed by atoms with Gasteiger partial charge in [-0.25, -0.2) is 13.3 Å². The molecule has 0 saturated heterocycles. The molecule has 0 saturated carbocycles. The molecule has 5 nitrogen and oxygen atoms in total. The highest BCUT2D eigenvalue weighted by Crippen LogP contribution is 2.23. The molecule has 0 aliphatic heterocycles. The highest BCUT2D eigenvalue weighted by Gasteiger charge is 2.11. The van der Waals surface area contributed by atoms with Gasteiger partial charge in [-0.2, -0.15) is 0 Å². The lowest BCUT2D eigenvalue weighted by atomic mass is 10.3. The summed E-state index contributed by atoms with van der Waals surface area (Å²) in [5, 5.41) is 11.6. The molecule has 0 unspecified atom stereocenters. The van der Waals surface area contributed by atoms with Crippen LogP contribution in [-0.4, -0.2) is 17.0 Å². The number of rotatable bonds is 3. The standard InChI is InChI=1S/C18H16ClFN4OS/c1-11-8-17(21)24(26-11)18(22-13-4-3-5-14(10-13)25-2)23-16-7-6-12(19)9-15(16)20/h3-10,21H,1-2H3,(H,22,23). The van der Waals surface area contributed by atoms with Crippen molar-refractivity contribution in [2.75, 3.05) is 12.4 Å². The van der Waals surface area contributed by atoms with Crippen molar-refractivity contribution in [3.63, 3.8) is 0 Å². The molecular weight excluding hydrogens is 375 g/mol. The lowest BCUT2D eigenvalue weighted by molar-refractivity contribution is 0.415. The van der Waals surface area contributed by atoms with Crippen LogP contribution >= 0.6 is 23.1 Å². The number of nitrogens with zero attached hydrogens (tertiary/aromatic N) is 2. The van der Waals surface area contributed by atoms with Crippen molar-refractivity contribution in [2.24, 2.45) is 4.99 Å². The van der Waals surface area contributed by atoms with Crippen LogP contribution < -0.4 is 15.5 Å². The van der Waals surface area contributed by atoms with E-state index in [0.717, 1.165) is 4.88 Å². The zero-order valence-corrected chi connectivity index (χ0v) is 15.7. The van der Waals surface area contributed by atoms with E-state index in [4.69, 9.17) is 21.7 Å². The minimum Gasteiger partial charge on any atom is -0.497 e. The zero-order chi connectivity index (χ0) is 18.7. The highest BCUT2D eigenvalue weighted by molar-refractivity contribution is 7.07. The maximum Gasteiger partial charge on any atom is 0.223 e. The first-order valence-corrected chi connectivity index (χ1v) is 8.81. The summed E-state index contributed by atoms with van der Waals surface area (Å²) in [5.41, 5.74) is 1.07. The largest absolute Gasteiger partial charge is 0.497 e. The molecule has 1 aromatic heterocycles. The second-order valence-electron chi connectivity index (χ2n) is 5.41. The van der Waals surface area contributed by atoms with Crippen LogP contribution in [-0.2, 0) is 0 Å². The summed E-state index contributed by atoms with van der Waals surface area (Å²) in [6, 6.07) is 13.3. The van der Waals surface area contributed by atoms with Gasteiger partial charge in [-0.1, -0.05) is 29.2 Å². The van der Waals surface area contributed by atoms with E-state index in [-0.39, 0.29) is 11.2 Å². The molecular formula is C18H16ClFN4OS. The maximum absolute atomic E-state index is 14.2. The van der Waals surface area contributed by atoms with Gasteiger partial charge >= 0.3 is 0 Å². The summed E-state index contributed by atoms with van der Waals surface area (Å²) in [4.78, 5) is 5.32. The van der Waals surface area contributed by atoms with Gasteiger partial charge in [-0.3, -0.25) is 5.41 Å². The van der Waals surface area contributed by atoms with Crippen molar-refractivity contribution < 1.29 is 9.13 Å². The van der Waals surface area contributed by atoms with Crippen molar-refractivity contribution in [1.29, 1.82) is 5.41 Å². The Morgan fingerprint density at radius 1 is 1.27 bits per heavy atom. The number of ether oxygens (including phenoxy) is 1. The van der Waals surface area contributed by atoms with Crippen LogP contribution in [0.2, 0.25) is 5.02 Å². The van der Waals surface area contributed by atoms with Crippen LogP contribution in [0.4, 0.5) is 15.8 Å². The van der Waals surface area contributed by atoms with E-state index in [1.54, 1.807) is 29.3 Å². The number of hydrogen-bond donors (Lipinski definition) is 2. The summed E-state index contributed by atoms with van der Waals surface area (Å²) < 4.78 is 21.0. The summed E-state index contributed by atoms with van der Waals surface area (Å²) in [6.07, 6.45) is 0. The molecule has 0 atom stereocenters. The molecule has 3 aromatic rings. The third kappa shape index (κ3) is 4.12. The molecule has 2 aromatic carbocycles. The average molecular weight is 391 g/mol. The number of hydrogen-bond acceptors (Lipinski definition) is 4. The molecule has 1 heterocycles. The van der Waals surface area contributed by atoms with E-state index in [1.165, 1.54) is 23.7 Å². The fourth-order valence-corrected chi connectivity index (χ4v) is 3.20. The minimum absolute atomic E-state index is 0.123. The fraction of sp³-hybridized carbons (Fsp3) is 0.111. The Bertz CT molecular complexity index is 1030. The van der Waals surface area contributed by atoms with Crippen molar-refractivity contribution >= 4 is 40.5 Å². The zero-order valence-electron chi connectivity index (χ0n) is 14.1. The van der Waals surface area contributed by atoms with Gasteiger partial charge in [0.05, 0.1) is 7.11 Å². The van der Waals surface area contributed by atoms with Gasteiger partial charge in [0.1, 0.15) is 22.7 Å². The van der Waals surface area contributed by atoms with Crippen molar-refractivity contribution in [3.8, 4) is 5.75 Å². The van der Waals surface area contributed by atoms with Gasteiger partial charge < -0.3 is 10.1 Å². The molecule has 0 amide bonds. The molecule has 0 aliphatic rings. The molecule has 134 valence electrons. The first-order valence-electron chi connectivity index (χ1n) is 7.66. The quantitative estimate of drug-likeness (QED) is 0.499. The highest BCUT2D eigenvalue weighted by atomic mass is 35.5. The molecule has 0 radical (unpaired) electrons. The van der Waals surface area contributed by atoms with Gasteiger partial charge in [0.15, 0.2) is 0 Å². The van der Waals surface area contributed by atoms with Crippen molar-refractivity contribution in [3.05, 3.63) is 69.7 Å². The van der Waals surface area contributed by atoms with Crippen LogP contribution in [0.5, 0.6) is 5.75 Å². The second-order valence-corrected chi connectivity index (χ2v) is 7.04. The summed E-state index contributed by atoms with van der Waals surface area (Å²) >= 11 is 7.15. The van der Waals surface area contributed by atoms with Gasteiger partial charge in [0.2, 0.25) is 5.96 Å². The Morgan fingerprint density at radius 2 is 2.08 bits per heavy atom. The number of aliphatic imine (C=N–C) groups is 1. The van der Waals surface area contributed by atoms with E-state index in [0.29, 0.717) is 22.4 Å². The summed E-state index contributed by atoms with van der Waals surface area (Å²) in [7, 11) is 1.58. The topological polar surface area (TPSA) is 62.4 Å². The maximum atomic E-state index is 14.2. The molecule has 0 aliphatic carbocycles. The van der Waals surface area contributed by atoms with E-state index >= 15 is 0 Å². The smallest absolute Gasteiger partial charge is 0.223 e. The van der Waals surface area contributed by atoms with Crippen LogP contribution in [0.15, 0.2) is 53.5 Å². The van der Waals surface area contributed by atoms with E-state index in [2.05, 4.69) is 10.3 Å². The fourth-order valence-electron chi connectivity index (χ4n) is 2.27. The molecule has 3 rings (SSSR count). The average Bonchev–Trinajstić information content (AvgIpc) is 2.95. The molecule has 8 heteroatoms. The number of aryl methyl sites for hydroxylation is 1. The van der Waals surface area contributed by atoms with E-state index in [1.807, 2.05) is 25.1 Å². The monoisotopic (exact) mass is 390 g/mol. The summed E-state index contributed by atoms with van der Waals surface area (Å²) in [6.45, 7) is 1.89. The number of aromatic nitrogens is 1. The SMILES string of the molecule is COc1cccc(NC(=Nc2ccc(Cl)cc2F)n2sc(C)cc2=N)c1. The number of halogens is 2. The molecule has 0 spiro atoms. The first-order chi connectivity index (χ1) is 12.5. The third-order valence-electron chi connectivity index (χ3n) is 3.45. The van der Waals surface area contributed by atoms with Gasteiger partial charge in [0.25, 0.3) is 0 Å². The van der Waals surface area contributed by atoms with Gasteiger partial charge in [-0.15, -0.1) is 0 Å². The van der Waals surface area contributed by atoms with Crippen LogP contribution in [0.25, 0.3) is 0 Å². The normalized spacial score (nSPS) is 11.5. The molecule has 2 N–H and O–H groups in total. The Labute approximate surface area is 159 Å². The lowest BCUT2D eigenvalue weighted by Crippen LogP contribution is -2.28. The first kappa shape index (κ1) is 18.2. The number of benzene rings is 2. The molecule has 0 bridgehead atoms. The lowest BCUT2D eigenvalue weighted by Gasteiger charge is -2.12. The Balaban J connectivity index is 2.08.